The molecule has 0 saturated carbocycles. The minimum atomic E-state index is 0.321. The summed E-state index contributed by atoms with van der Waals surface area (Å²) in [5, 5.41) is 0. The van der Waals surface area contributed by atoms with Gasteiger partial charge in [0.15, 0.2) is 5.78 Å². The molecule has 0 amide bonds. The molecule has 0 N–H and O–H groups in total. The zero-order chi connectivity index (χ0) is 20.8. The van der Waals surface area contributed by atoms with Crippen molar-refractivity contribution in [1.29, 1.82) is 0 Å². The third-order valence-corrected chi connectivity index (χ3v) is 7.69. The lowest BCUT2D eigenvalue weighted by molar-refractivity contribution is 0.0994. The first-order valence-electron chi connectivity index (χ1n) is 11.8. The van der Waals surface area contributed by atoms with Crippen molar-refractivity contribution in [3.63, 3.8) is 0 Å². The summed E-state index contributed by atoms with van der Waals surface area (Å²) in [6.45, 7) is 6.87. The highest BCUT2D eigenvalue weighted by molar-refractivity contribution is 6.04. The van der Waals surface area contributed by atoms with E-state index in [0.29, 0.717) is 24.0 Å². The molecule has 0 spiro atoms. The van der Waals surface area contributed by atoms with Crippen molar-refractivity contribution < 1.29 is 4.79 Å². The SMILES string of the molecule is CCC(CC)CCC1c2ccc(C3=CC(C)C=C3)cc2-c2c1ccc1c2CCC1=O. The number of Topliss-reactive ketones (excluding diaryl/α,β-unsaturated/α-hetero) is 1. The van der Waals surface area contributed by atoms with Crippen molar-refractivity contribution in [3.05, 3.63) is 76.4 Å². The van der Waals surface area contributed by atoms with Crippen LogP contribution in [0.4, 0.5) is 0 Å². The van der Waals surface area contributed by atoms with E-state index in [0.717, 1.165) is 17.9 Å². The largest absolute Gasteiger partial charge is 0.294 e. The Morgan fingerprint density at radius 3 is 2.53 bits per heavy atom. The second-order valence-corrected chi connectivity index (χ2v) is 9.43. The lowest BCUT2D eigenvalue weighted by Gasteiger charge is -2.18. The highest BCUT2D eigenvalue weighted by Gasteiger charge is 2.34. The number of hydrogen-bond donors (Lipinski definition) is 0. The molecule has 0 fully saturated rings. The number of carbonyl (C=O) groups is 1. The molecule has 0 aliphatic heterocycles. The van der Waals surface area contributed by atoms with Crippen molar-refractivity contribution in [1.82, 2.24) is 0 Å². The van der Waals surface area contributed by atoms with Crippen LogP contribution in [-0.4, -0.2) is 5.78 Å². The van der Waals surface area contributed by atoms with Crippen LogP contribution in [0.15, 0.2) is 48.6 Å². The zero-order valence-corrected chi connectivity index (χ0v) is 18.5. The van der Waals surface area contributed by atoms with Gasteiger partial charge in [0.05, 0.1) is 0 Å². The highest BCUT2D eigenvalue weighted by Crippen LogP contribution is 2.51. The highest BCUT2D eigenvalue weighted by atomic mass is 16.1. The van der Waals surface area contributed by atoms with E-state index in [4.69, 9.17) is 0 Å². The fourth-order valence-electron chi connectivity index (χ4n) is 5.84. The van der Waals surface area contributed by atoms with Crippen LogP contribution in [0.3, 0.4) is 0 Å². The molecule has 3 aliphatic rings. The second-order valence-electron chi connectivity index (χ2n) is 9.43. The van der Waals surface area contributed by atoms with Gasteiger partial charge in [-0.25, -0.2) is 0 Å². The number of hydrogen-bond acceptors (Lipinski definition) is 1. The molecule has 0 saturated heterocycles. The molecule has 1 nitrogen and oxygen atoms in total. The topological polar surface area (TPSA) is 17.1 Å². The van der Waals surface area contributed by atoms with Gasteiger partial charge in [-0.05, 0) is 76.1 Å². The minimum absolute atomic E-state index is 0.321. The predicted molar refractivity (Wildman–Crippen MR) is 126 cm³/mol. The fraction of sp³-hybridized carbons (Fsp3) is 0.414. The molecule has 2 aromatic rings. The summed E-state index contributed by atoms with van der Waals surface area (Å²) in [5.41, 5.74) is 10.6. The van der Waals surface area contributed by atoms with Crippen LogP contribution in [0.25, 0.3) is 16.7 Å². The minimum Gasteiger partial charge on any atom is -0.294 e. The first kappa shape index (κ1) is 19.5. The van der Waals surface area contributed by atoms with Crippen LogP contribution < -0.4 is 0 Å². The van der Waals surface area contributed by atoms with Gasteiger partial charge in [-0.15, -0.1) is 0 Å². The molecule has 0 radical (unpaired) electrons. The molecule has 0 aromatic heterocycles. The molecule has 0 heterocycles. The van der Waals surface area contributed by atoms with E-state index < -0.39 is 0 Å². The third kappa shape index (κ3) is 3.11. The quantitative estimate of drug-likeness (QED) is 0.488. The predicted octanol–water partition coefficient (Wildman–Crippen LogP) is 7.73. The molecule has 0 bridgehead atoms. The number of allylic oxidation sites excluding steroid dienone is 4. The third-order valence-electron chi connectivity index (χ3n) is 7.69. The Bertz CT molecular complexity index is 1060. The first-order chi connectivity index (χ1) is 14.6. The standard InChI is InChI=1S/C29H32O/c1-4-19(5-2)7-10-22-23-11-9-21(20-8-6-18(3)16-20)17-27(23)29-25(22)13-12-24-26(29)14-15-28(24)30/h6,8-9,11-13,16-19,22H,4-5,7,10,14-15H2,1-3H3. The molecule has 2 atom stereocenters. The van der Waals surface area contributed by atoms with E-state index in [1.54, 1.807) is 0 Å². The van der Waals surface area contributed by atoms with Crippen molar-refractivity contribution >= 4 is 11.4 Å². The number of ketones is 1. The summed E-state index contributed by atoms with van der Waals surface area (Å²) in [7, 11) is 0. The first-order valence-corrected chi connectivity index (χ1v) is 11.8. The van der Waals surface area contributed by atoms with E-state index in [1.807, 2.05) is 0 Å². The van der Waals surface area contributed by atoms with E-state index in [1.165, 1.54) is 64.6 Å². The van der Waals surface area contributed by atoms with Crippen LogP contribution in [0.2, 0.25) is 0 Å². The number of carbonyl (C=O) groups excluding carboxylic acids is 1. The lowest BCUT2D eigenvalue weighted by Crippen LogP contribution is -2.03. The number of fused-ring (bicyclic) bond motifs is 5. The van der Waals surface area contributed by atoms with Crippen LogP contribution in [0.5, 0.6) is 0 Å². The second kappa shape index (κ2) is 7.69. The van der Waals surface area contributed by atoms with Gasteiger partial charge < -0.3 is 0 Å². The molecular formula is C29H32O. The normalized spacial score (nSPS) is 21.2. The Labute approximate surface area is 180 Å². The number of rotatable bonds is 6. The summed E-state index contributed by atoms with van der Waals surface area (Å²) in [6.07, 6.45) is 13.5. The monoisotopic (exact) mass is 396 g/mol. The van der Waals surface area contributed by atoms with Gasteiger partial charge in [0.25, 0.3) is 0 Å². The fourth-order valence-corrected chi connectivity index (χ4v) is 5.84. The molecule has 1 heteroatoms. The Kier molecular flexibility index (Phi) is 5.01. The van der Waals surface area contributed by atoms with Gasteiger partial charge in [-0.3, -0.25) is 4.79 Å². The van der Waals surface area contributed by atoms with Gasteiger partial charge >= 0.3 is 0 Å². The summed E-state index contributed by atoms with van der Waals surface area (Å²) >= 11 is 0. The zero-order valence-electron chi connectivity index (χ0n) is 18.5. The Morgan fingerprint density at radius 1 is 1.00 bits per heavy atom. The van der Waals surface area contributed by atoms with Gasteiger partial charge in [-0.2, -0.15) is 0 Å². The summed E-state index contributed by atoms with van der Waals surface area (Å²) in [4.78, 5) is 12.4. The van der Waals surface area contributed by atoms with Gasteiger partial charge in [0, 0.05) is 17.9 Å². The maximum absolute atomic E-state index is 12.4. The van der Waals surface area contributed by atoms with E-state index in [2.05, 4.69) is 69.3 Å². The molecule has 2 unspecified atom stereocenters. The Morgan fingerprint density at radius 2 is 1.80 bits per heavy atom. The van der Waals surface area contributed by atoms with E-state index in [9.17, 15) is 4.79 Å². The lowest BCUT2D eigenvalue weighted by atomic mass is 9.86. The number of benzene rings is 2. The van der Waals surface area contributed by atoms with Crippen LogP contribution >= 0.6 is 0 Å². The summed E-state index contributed by atoms with van der Waals surface area (Å²) in [5.74, 6) is 2.11. The average Bonchev–Trinajstić information content (AvgIpc) is 3.44. The molecule has 154 valence electrons. The Hall–Kier alpha value is -2.41. The summed E-state index contributed by atoms with van der Waals surface area (Å²) in [6, 6.07) is 11.5. The van der Waals surface area contributed by atoms with Crippen molar-refractivity contribution in [2.75, 3.05) is 0 Å². The van der Waals surface area contributed by atoms with E-state index >= 15 is 0 Å². The molecule has 5 rings (SSSR count). The van der Waals surface area contributed by atoms with Gasteiger partial charge in [0.2, 0.25) is 0 Å². The van der Waals surface area contributed by atoms with Crippen molar-refractivity contribution in [3.8, 4) is 11.1 Å². The molecule has 3 aliphatic carbocycles. The van der Waals surface area contributed by atoms with Crippen LogP contribution in [0, 0.1) is 11.8 Å². The maximum atomic E-state index is 12.4. The smallest absolute Gasteiger partial charge is 0.163 e. The van der Waals surface area contributed by atoms with Gasteiger partial charge in [-0.1, -0.05) is 76.1 Å². The van der Waals surface area contributed by atoms with E-state index in [-0.39, 0.29) is 0 Å². The molecule has 30 heavy (non-hydrogen) atoms. The van der Waals surface area contributed by atoms with Crippen molar-refractivity contribution in [2.24, 2.45) is 11.8 Å². The molecular weight excluding hydrogens is 364 g/mol. The maximum Gasteiger partial charge on any atom is 0.163 e. The molecule has 2 aromatic carbocycles. The van der Waals surface area contributed by atoms with Crippen LogP contribution in [-0.2, 0) is 6.42 Å². The van der Waals surface area contributed by atoms with Crippen molar-refractivity contribution in [2.45, 2.75) is 65.2 Å². The van der Waals surface area contributed by atoms with Gasteiger partial charge in [0.1, 0.15) is 0 Å². The summed E-state index contributed by atoms with van der Waals surface area (Å²) < 4.78 is 0. The Balaban J connectivity index is 1.61. The average molecular weight is 397 g/mol. The van der Waals surface area contributed by atoms with Crippen LogP contribution in [0.1, 0.15) is 91.4 Å².